The minimum Gasteiger partial charge on any atom is -0.497 e. The van der Waals surface area contributed by atoms with E-state index in [0.717, 1.165) is 11.1 Å². The Labute approximate surface area is 283 Å². The van der Waals surface area contributed by atoms with Gasteiger partial charge in [0.15, 0.2) is 5.78 Å². The number of ketones is 1. The van der Waals surface area contributed by atoms with Gasteiger partial charge in [0.1, 0.15) is 11.5 Å². The summed E-state index contributed by atoms with van der Waals surface area (Å²) < 4.78 is 11.0. The molecule has 5 aromatic carbocycles. The van der Waals surface area contributed by atoms with Crippen LogP contribution < -0.4 is 14.4 Å². The topological polar surface area (TPSA) is 72.9 Å². The summed E-state index contributed by atoms with van der Waals surface area (Å²) in [5.74, 6) is -1.74. The lowest BCUT2D eigenvalue weighted by molar-refractivity contribution is -0.130. The molecular weight excluding hydrogens is 622 g/mol. The second-order valence-corrected chi connectivity index (χ2v) is 12.8. The number of carbonyl (C=O) groups is 3. The zero-order valence-corrected chi connectivity index (χ0v) is 27.0. The van der Waals surface area contributed by atoms with Crippen LogP contribution in [0.15, 0.2) is 133 Å². The Morgan fingerprint density at radius 1 is 0.542 bits per heavy atom. The van der Waals surface area contributed by atoms with Crippen LogP contribution in [0, 0.1) is 11.8 Å². The molecule has 2 aliphatic carbocycles. The summed E-state index contributed by atoms with van der Waals surface area (Å²) in [5, 5.41) is 0.486. The molecule has 2 bridgehead atoms. The molecule has 2 fully saturated rings. The van der Waals surface area contributed by atoms with Crippen LogP contribution in [0.3, 0.4) is 0 Å². The molecule has 2 amide bonds. The van der Waals surface area contributed by atoms with Gasteiger partial charge in [0.25, 0.3) is 0 Å². The number of rotatable bonds is 7. The Morgan fingerprint density at radius 2 is 0.938 bits per heavy atom. The fraction of sp³-hybridized carbons (Fsp3) is 0.146. The third-order valence-electron chi connectivity index (χ3n) is 10.3. The minimum atomic E-state index is -1.50. The third-order valence-corrected chi connectivity index (χ3v) is 10.5. The number of benzene rings is 5. The summed E-state index contributed by atoms with van der Waals surface area (Å²) in [4.78, 5) is 47.3. The molecule has 8 rings (SSSR count). The van der Waals surface area contributed by atoms with Crippen molar-refractivity contribution in [1.82, 2.24) is 0 Å². The highest BCUT2D eigenvalue weighted by Crippen LogP contribution is 2.74. The first-order valence-corrected chi connectivity index (χ1v) is 16.1. The van der Waals surface area contributed by atoms with Crippen molar-refractivity contribution in [2.24, 2.45) is 11.8 Å². The van der Waals surface area contributed by atoms with E-state index in [0.29, 0.717) is 44.5 Å². The third kappa shape index (κ3) is 3.84. The second-order valence-electron chi connectivity index (χ2n) is 12.3. The van der Waals surface area contributed by atoms with Crippen molar-refractivity contribution in [2.75, 3.05) is 19.1 Å². The molecule has 1 aliphatic heterocycles. The highest BCUT2D eigenvalue weighted by Gasteiger charge is 2.82. The Morgan fingerprint density at radius 3 is 1.31 bits per heavy atom. The molecule has 3 aliphatic rings. The lowest BCUT2D eigenvalue weighted by atomic mass is 9.59. The zero-order chi connectivity index (χ0) is 33.2. The zero-order valence-electron chi connectivity index (χ0n) is 26.2. The quantitative estimate of drug-likeness (QED) is 0.170. The Bertz CT molecular complexity index is 1980. The predicted octanol–water partition coefficient (Wildman–Crippen LogP) is 7.55. The number of halogens is 1. The average molecular weight is 652 g/mol. The van der Waals surface area contributed by atoms with Gasteiger partial charge in [0.05, 0.1) is 42.6 Å². The normalized spacial score (nSPS) is 24.3. The number of Topliss-reactive ketones (excluding diaryl/α,β-unsaturated/α-hetero) is 1. The van der Waals surface area contributed by atoms with E-state index in [1.54, 1.807) is 38.5 Å². The molecule has 4 atom stereocenters. The summed E-state index contributed by atoms with van der Waals surface area (Å²) in [6, 6.07) is 40.7. The van der Waals surface area contributed by atoms with Crippen LogP contribution in [0.5, 0.6) is 11.5 Å². The summed E-state index contributed by atoms with van der Waals surface area (Å²) in [7, 11) is 3.21. The van der Waals surface area contributed by atoms with Crippen molar-refractivity contribution in [2.45, 2.75) is 10.8 Å². The molecule has 236 valence electrons. The van der Waals surface area contributed by atoms with Crippen molar-refractivity contribution in [3.05, 3.63) is 161 Å². The van der Waals surface area contributed by atoms with Gasteiger partial charge in [-0.25, -0.2) is 4.90 Å². The standard InChI is InChI=1S/C41H30ClNO5/c1-47-31-21-13-25(14-22-31)33-34(26-15-23-32(48-2)24-16-26)41(28-11-7-4-8-12-28)36-35(40(33,39(41)46)27-9-5-3-6-10-27)37(44)43(38(36)45)30-19-17-29(42)18-20-30/h3-24,35-36H,1-2H3/t35-,36+,40-,41-/m0/s1. The van der Waals surface area contributed by atoms with Gasteiger partial charge in [-0.05, 0) is 81.9 Å². The number of fused-ring (bicyclic) bond motifs is 5. The molecule has 1 heterocycles. The Kier molecular flexibility index (Phi) is 6.90. The highest BCUT2D eigenvalue weighted by molar-refractivity contribution is 6.39. The van der Waals surface area contributed by atoms with Gasteiger partial charge >= 0.3 is 0 Å². The Hall–Kier alpha value is -5.46. The molecule has 0 unspecified atom stereocenters. The molecule has 5 aromatic rings. The second kappa shape index (κ2) is 11.1. The Balaban J connectivity index is 1.54. The number of hydrogen-bond donors (Lipinski definition) is 0. The van der Waals surface area contributed by atoms with E-state index in [2.05, 4.69) is 0 Å². The molecule has 1 saturated heterocycles. The number of ether oxygens (including phenoxy) is 2. The van der Waals surface area contributed by atoms with E-state index >= 15 is 14.4 Å². The molecule has 1 saturated carbocycles. The molecule has 48 heavy (non-hydrogen) atoms. The fourth-order valence-electron chi connectivity index (χ4n) is 8.48. The van der Waals surface area contributed by atoms with Crippen molar-refractivity contribution in [3.63, 3.8) is 0 Å². The van der Waals surface area contributed by atoms with Crippen LogP contribution in [-0.2, 0) is 25.2 Å². The van der Waals surface area contributed by atoms with E-state index in [1.807, 2.05) is 109 Å². The lowest BCUT2D eigenvalue weighted by Gasteiger charge is -2.39. The van der Waals surface area contributed by atoms with Crippen molar-refractivity contribution < 1.29 is 23.9 Å². The summed E-state index contributed by atoms with van der Waals surface area (Å²) in [5.41, 5.74) is 1.68. The van der Waals surface area contributed by atoms with E-state index in [9.17, 15) is 0 Å². The number of anilines is 1. The number of carbonyl (C=O) groups excluding carboxylic acids is 3. The average Bonchev–Trinajstić information content (AvgIpc) is 3.65. The molecule has 7 heteroatoms. The molecule has 0 radical (unpaired) electrons. The van der Waals surface area contributed by atoms with Gasteiger partial charge in [0.2, 0.25) is 11.8 Å². The van der Waals surface area contributed by atoms with Crippen LogP contribution in [0.4, 0.5) is 5.69 Å². The molecule has 0 aromatic heterocycles. The minimum absolute atomic E-state index is 0.184. The van der Waals surface area contributed by atoms with E-state index in [1.165, 1.54) is 4.90 Å². The van der Waals surface area contributed by atoms with Crippen molar-refractivity contribution >= 4 is 46.0 Å². The van der Waals surface area contributed by atoms with Gasteiger partial charge in [0, 0.05) is 5.02 Å². The van der Waals surface area contributed by atoms with Crippen LogP contribution in [-0.4, -0.2) is 31.8 Å². The predicted molar refractivity (Wildman–Crippen MR) is 185 cm³/mol. The maximum absolute atomic E-state index is 16.0. The molecule has 6 nitrogen and oxygen atoms in total. The van der Waals surface area contributed by atoms with Gasteiger partial charge in [-0.2, -0.15) is 0 Å². The SMILES string of the molecule is COc1ccc(C2=C(c3ccc(OC)cc3)[C@]3(c4ccccc4)C(=O)[C@]2(c2ccccc2)[C@@H]2C(=O)N(c4ccc(Cl)cc4)C(=O)[C@@H]23)cc1. The maximum Gasteiger partial charge on any atom is 0.239 e. The first kappa shape index (κ1) is 29.9. The van der Waals surface area contributed by atoms with E-state index < -0.39 is 34.5 Å². The van der Waals surface area contributed by atoms with Gasteiger partial charge in [-0.3, -0.25) is 14.4 Å². The number of allylic oxidation sites excluding steroid dienone is 2. The summed E-state index contributed by atoms with van der Waals surface area (Å²) in [6.07, 6.45) is 0. The largest absolute Gasteiger partial charge is 0.497 e. The highest BCUT2D eigenvalue weighted by atomic mass is 35.5. The number of nitrogens with zero attached hydrogens (tertiary/aromatic N) is 1. The summed E-state index contributed by atoms with van der Waals surface area (Å²) in [6.45, 7) is 0. The van der Waals surface area contributed by atoms with Gasteiger partial charge in [-0.15, -0.1) is 0 Å². The van der Waals surface area contributed by atoms with E-state index in [4.69, 9.17) is 21.1 Å². The molecule has 0 N–H and O–H groups in total. The van der Waals surface area contributed by atoms with Gasteiger partial charge < -0.3 is 9.47 Å². The monoisotopic (exact) mass is 651 g/mol. The van der Waals surface area contributed by atoms with Gasteiger partial charge in [-0.1, -0.05) is 96.5 Å². The fourth-order valence-corrected chi connectivity index (χ4v) is 8.61. The number of hydrogen-bond acceptors (Lipinski definition) is 5. The van der Waals surface area contributed by atoms with Crippen LogP contribution in [0.1, 0.15) is 22.3 Å². The van der Waals surface area contributed by atoms with Crippen molar-refractivity contribution in [3.8, 4) is 11.5 Å². The van der Waals surface area contributed by atoms with Crippen molar-refractivity contribution in [1.29, 1.82) is 0 Å². The van der Waals surface area contributed by atoms with Crippen LogP contribution >= 0.6 is 11.6 Å². The molecular formula is C41H30ClNO5. The number of imide groups is 1. The first-order chi connectivity index (χ1) is 23.4. The number of amides is 2. The number of methoxy groups -OCH3 is 2. The van der Waals surface area contributed by atoms with Crippen LogP contribution in [0.25, 0.3) is 11.1 Å². The van der Waals surface area contributed by atoms with Crippen LogP contribution in [0.2, 0.25) is 5.02 Å². The molecule has 0 spiro atoms. The lowest BCUT2D eigenvalue weighted by Crippen LogP contribution is -2.45. The summed E-state index contributed by atoms with van der Waals surface area (Å²) >= 11 is 6.23. The smallest absolute Gasteiger partial charge is 0.239 e. The van der Waals surface area contributed by atoms with E-state index in [-0.39, 0.29) is 5.78 Å². The maximum atomic E-state index is 16.0. The first-order valence-electron chi connectivity index (χ1n) is 15.7.